The standard InChI is InChI=1S/C15H17N3O2/c1-10-14(3-2-8-17-10)18-15(20)13(16)9-11-4-6-12(19)7-5-11/h2-8,13,19H,9,16H2,1H3,(H,18,20). The number of aromatic nitrogens is 1. The van der Waals surface area contributed by atoms with Gasteiger partial charge in [0.2, 0.25) is 5.91 Å². The van der Waals surface area contributed by atoms with E-state index in [-0.39, 0.29) is 11.7 Å². The van der Waals surface area contributed by atoms with Gasteiger partial charge in [0.25, 0.3) is 0 Å². The maximum atomic E-state index is 12.0. The number of pyridine rings is 1. The van der Waals surface area contributed by atoms with Gasteiger partial charge in [0.15, 0.2) is 0 Å². The molecule has 0 fully saturated rings. The van der Waals surface area contributed by atoms with Crippen LogP contribution in [0.25, 0.3) is 0 Å². The number of aromatic hydroxyl groups is 1. The number of phenols is 1. The summed E-state index contributed by atoms with van der Waals surface area (Å²) in [4.78, 5) is 16.1. The Morgan fingerprint density at radius 1 is 1.35 bits per heavy atom. The predicted octanol–water partition coefficient (Wildman–Crippen LogP) is 1.60. The Labute approximate surface area is 117 Å². The number of nitrogens with two attached hydrogens (primary N) is 1. The van der Waals surface area contributed by atoms with Crippen LogP contribution in [0, 0.1) is 6.92 Å². The molecule has 2 aromatic rings. The summed E-state index contributed by atoms with van der Waals surface area (Å²) in [7, 11) is 0. The van der Waals surface area contributed by atoms with Crippen LogP contribution in [0.5, 0.6) is 5.75 Å². The SMILES string of the molecule is Cc1ncccc1NC(=O)C(N)Cc1ccc(O)cc1. The van der Waals surface area contributed by atoms with Gasteiger partial charge < -0.3 is 16.2 Å². The molecular weight excluding hydrogens is 254 g/mol. The molecular formula is C15H17N3O2. The largest absolute Gasteiger partial charge is 0.508 e. The molecule has 20 heavy (non-hydrogen) atoms. The molecule has 1 unspecified atom stereocenters. The van der Waals surface area contributed by atoms with Gasteiger partial charge in [0.05, 0.1) is 17.4 Å². The zero-order valence-electron chi connectivity index (χ0n) is 11.2. The number of nitrogens with one attached hydrogen (secondary N) is 1. The normalized spacial score (nSPS) is 11.9. The number of anilines is 1. The lowest BCUT2D eigenvalue weighted by Gasteiger charge is -2.13. The van der Waals surface area contributed by atoms with Gasteiger partial charge in [-0.1, -0.05) is 12.1 Å². The first-order valence-corrected chi connectivity index (χ1v) is 6.32. The van der Waals surface area contributed by atoms with Crippen LogP contribution in [-0.4, -0.2) is 22.0 Å². The molecule has 5 nitrogen and oxygen atoms in total. The molecule has 0 aliphatic rings. The number of aryl methyl sites for hydroxylation is 1. The molecule has 0 spiro atoms. The van der Waals surface area contributed by atoms with E-state index in [1.54, 1.807) is 42.6 Å². The quantitative estimate of drug-likeness (QED) is 0.788. The molecule has 1 heterocycles. The number of benzene rings is 1. The lowest BCUT2D eigenvalue weighted by Crippen LogP contribution is -2.37. The third kappa shape index (κ3) is 3.55. The molecule has 2 rings (SSSR count). The smallest absolute Gasteiger partial charge is 0.241 e. The van der Waals surface area contributed by atoms with Crippen molar-refractivity contribution in [1.29, 1.82) is 0 Å². The maximum Gasteiger partial charge on any atom is 0.241 e. The minimum Gasteiger partial charge on any atom is -0.508 e. The van der Waals surface area contributed by atoms with Crippen LogP contribution in [0.15, 0.2) is 42.6 Å². The second-order valence-corrected chi connectivity index (χ2v) is 4.60. The van der Waals surface area contributed by atoms with E-state index in [1.165, 1.54) is 0 Å². The van der Waals surface area contributed by atoms with Crippen LogP contribution in [0.1, 0.15) is 11.3 Å². The fourth-order valence-corrected chi connectivity index (χ4v) is 1.82. The van der Waals surface area contributed by atoms with Crippen molar-refractivity contribution >= 4 is 11.6 Å². The summed E-state index contributed by atoms with van der Waals surface area (Å²) in [6, 6.07) is 9.53. The molecule has 1 aromatic heterocycles. The second kappa shape index (κ2) is 6.16. The Hall–Kier alpha value is -2.40. The summed E-state index contributed by atoms with van der Waals surface area (Å²) in [6.45, 7) is 1.82. The van der Waals surface area contributed by atoms with Crippen molar-refractivity contribution in [3.8, 4) is 5.75 Å². The van der Waals surface area contributed by atoms with Crippen LogP contribution in [-0.2, 0) is 11.2 Å². The molecule has 0 radical (unpaired) electrons. The Morgan fingerprint density at radius 3 is 2.70 bits per heavy atom. The highest BCUT2D eigenvalue weighted by Crippen LogP contribution is 2.13. The Kier molecular flexibility index (Phi) is 4.32. The van der Waals surface area contributed by atoms with Gasteiger partial charge in [0.1, 0.15) is 5.75 Å². The number of hydrogen-bond donors (Lipinski definition) is 3. The molecule has 0 saturated carbocycles. The minimum absolute atomic E-state index is 0.192. The minimum atomic E-state index is -0.654. The van der Waals surface area contributed by atoms with Gasteiger partial charge >= 0.3 is 0 Å². The van der Waals surface area contributed by atoms with Crippen LogP contribution < -0.4 is 11.1 Å². The average Bonchev–Trinajstić information content (AvgIpc) is 2.44. The number of phenolic OH excluding ortho intramolecular Hbond substituents is 1. The fraction of sp³-hybridized carbons (Fsp3) is 0.200. The number of carbonyl (C=O) groups excluding carboxylic acids is 1. The zero-order valence-corrected chi connectivity index (χ0v) is 11.2. The Morgan fingerprint density at radius 2 is 2.05 bits per heavy atom. The van der Waals surface area contributed by atoms with E-state index in [1.807, 2.05) is 6.92 Å². The predicted molar refractivity (Wildman–Crippen MR) is 77.4 cm³/mol. The highest BCUT2D eigenvalue weighted by atomic mass is 16.3. The number of hydrogen-bond acceptors (Lipinski definition) is 4. The summed E-state index contributed by atoms with van der Waals surface area (Å²) in [6.07, 6.45) is 2.08. The molecule has 0 aliphatic heterocycles. The van der Waals surface area contributed by atoms with E-state index >= 15 is 0 Å². The van der Waals surface area contributed by atoms with Crippen LogP contribution in [0.4, 0.5) is 5.69 Å². The summed E-state index contributed by atoms with van der Waals surface area (Å²) in [5, 5.41) is 12.0. The van der Waals surface area contributed by atoms with Crippen LogP contribution in [0.2, 0.25) is 0 Å². The van der Waals surface area contributed by atoms with Crippen LogP contribution in [0.3, 0.4) is 0 Å². The maximum absolute atomic E-state index is 12.0. The molecule has 1 aromatic carbocycles. The second-order valence-electron chi connectivity index (χ2n) is 4.60. The first-order valence-electron chi connectivity index (χ1n) is 6.32. The molecule has 1 atom stereocenters. The number of amides is 1. The molecule has 1 amide bonds. The van der Waals surface area contributed by atoms with E-state index in [9.17, 15) is 9.90 Å². The summed E-state index contributed by atoms with van der Waals surface area (Å²) < 4.78 is 0. The lowest BCUT2D eigenvalue weighted by atomic mass is 10.1. The number of carbonyl (C=O) groups is 1. The van der Waals surface area contributed by atoms with Crippen LogP contribution >= 0.6 is 0 Å². The van der Waals surface area contributed by atoms with Crippen molar-refractivity contribution in [3.05, 3.63) is 53.9 Å². The van der Waals surface area contributed by atoms with Crippen molar-refractivity contribution in [1.82, 2.24) is 4.98 Å². The number of rotatable bonds is 4. The highest BCUT2D eigenvalue weighted by molar-refractivity contribution is 5.95. The van der Waals surface area contributed by atoms with Crippen molar-refractivity contribution in [2.24, 2.45) is 5.73 Å². The van der Waals surface area contributed by atoms with E-state index in [0.717, 1.165) is 11.3 Å². The first kappa shape index (κ1) is 14.0. The summed E-state index contributed by atoms with van der Waals surface area (Å²) in [5.74, 6) is -0.0630. The van der Waals surface area contributed by atoms with E-state index in [4.69, 9.17) is 5.73 Å². The number of nitrogens with zero attached hydrogens (tertiary/aromatic N) is 1. The molecule has 0 bridgehead atoms. The lowest BCUT2D eigenvalue weighted by molar-refractivity contribution is -0.117. The van der Waals surface area contributed by atoms with E-state index < -0.39 is 6.04 Å². The molecule has 5 heteroatoms. The van der Waals surface area contributed by atoms with Gasteiger partial charge in [0, 0.05) is 6.20 Å². The summed E-state index contributed by atoms with van der Waals surface area (Å²) >= 11 is 0. The third-order valence-electron chi connectivity index (χ3n) is 2.99. The topological polar surface area (TPSA) is 88.2 Å². The monoisotopic (exact) mass is 271 g/mol. The molecule has 0 aliphatic carbocycles. The Bertz CT molecular complexity index is 596. The summed E-state index contributed by atoms with van der Waals surface area (Å²) in [5.41, 5.74) is 8.20. The molecule has 104 valence electrons. The zero-order chi connectivity index (χ0) is 14.5. The average molecular weight is 271 g/mol. The van der Waals surface area contributed by atoms with E-state index in [2.05, 4.69) is 10.3 Å². The Balaban J connectivity index is 1.99. The van der Waals surface area contributed by atoms with Crippen molar-refractivity contribution in [2.45, 2.75) is 19.4 Å². The highest BCUT2D eigenvalue weighted by Gasteiger charge is 2.15. The van der Waals surface area contributed by atoms with Crippen molar-refractivity contribution in [3.63, 3.8) is 0 Å². The van der Waals surface area contributed by atoms with Gasteiger partial charge in [-0.05, 0) is 43.2 Å². The third-order valence-corrected chi connectivity index (χ3v) is 2.99. The first-order chi connectivity index (χ1) is 9.56. The van der Waals surface area contributed by atoms with Gasteiger partial charge in [-0.15, -0.1) is 0 Å². The molecule has 4 N–H and O–H groups in total. The fourth-order valence-electron chi connectivity index (χ4n) is 1.82. The van der Waals surface area contributed by atoms with Gasteiger partial charge in [-0.2, -0.15) is 0 Å². The van der Waals surface area contributed by atoms with Crippen molar-refractivity contribution in [2.75, 3.05) is 5.32 Å². The van der Waals surface area contributed by atoms with Gasteiger partial charge in [-0.25, -0.2) is 0 Å². The molecule has 0 saturated heterocycles. The van der Waals surface area contributed by atoms with Gasteiger partial charge in [-0.3, -0.25) is 9.78 Å². The van der Waals surface area contributed by atoms with Crippen molar-refractivity contribution < 1.29 is 9.90 Å². The van der Waals surface area contributed by atoms with E-state index in [0.29, 0.717) is 12.1 Å².